The number of rotatable bonds is 6. The highest BCUT2D eigenvalue weighted by atomic mass is 19.3. The van der Waals surface area contributed by atoms with Crippen molar-refractivity contribution in [1.82, 2.24) is 10.1 Å². The molecule has 0 saturated heterocycles. The van der Waals surface area contributed by atoms with Crippen molar-refractivity contribution in [3.8, 4) is 0 Å². The first-order valence-electron chi connectivity index (χ1n) is 6.58. The Balaban J connectivity index is 1.92. The first-order valence-corrected chi connectivity index (χ1v) is 6.58. The van der Waals surface area contributed by atoms with Crippen LogP contribution in [0, 0.1) is 0 Å². The molecule has 1 fully saturated rings. The Bertz CT molecular complexity index is 483. The van der Waals surface area contributed by atoms with Crippen LogP contribution in [0.1, 0.15) is 37.9 Å². The van der Waals surface area contributed by atoms with Crippen molar-refractivity contribution < 1.29 is 26.8 Å². The van der Waals surface area contributed by atoms with E-state index in [1.54, 1.807) is 0 Å². The number of aromatic nitrogens is 2. The zero-order valence-corrected chi connectivity index (χ0v) is 11.5. The maximum Gasteiger partial charge on any atom is 0.330 e. The zero-order valence-electron chi connectivity index (χ0n) is 11.5. The maximum absolute atomic E-state index is 12.7. The topological polar surface area (TPSA) is 74.2 Å². The summed E-state index contributed by atoms with van der Waals surface area (Å²) in [6.45, 7) is 0.0796. The van der Waals surface area contributed by atoms with Crippen molar-refractivity contribution in [3.63, 3.8) is 0 Å². The van der Waals surface area contributed by atoms with Gasteiger partial charge < -0.3 is 15.0 Å². The molecule has 1 aromatic rings. The summed E-state index contributed by atoms with van der Waals surface area (Å²) >= 11 is 0. The van der Waals surface area contributed by atoms with Gasteiger partial charge in [-0.15, -0.1) is 0 Å². The third-order valence-corrected chi connectivity index (χ3v) is 3.83. The molecule has 0 spiro atoms. The SMILES string of the molecule is CC1(c2nc(COCC(F)(F)C(F)F)no2)CCCC1N. The van der Waals surface area contributed by atoms with Crippen molar-refractivity contribution in [3.05, 3.63) is 11.7 Å². The zero-order chi connectivity index (χ0) is 15.7. The van der Waals surface area contributed by atoms with Crippen LogP contribution in [0.15, 0.2) is 4.52 Å². The average molecular weight is 311 g/mol. The minimum Gasteiger partial charge on any atom is -0.367 e. The summed E-state index contributed by atoms with van der Waals surface area (Å²) in [7, 11) is 0. The first-order chi connectivity index (χ1) is 9.75. The van der Waals surface area contributed by atoms with Gasteiger partial charge in [0.2, 0.25) is 5.89 Å². The maximum atomic E-state index is 12.7. The van der Waals surface area contributed by atoms with Crippen molar-refractivity contribution in [2.45, 2.75) is 56.6 Å². The number of alkyl halides is 4. The summed E-state index contributed by atoms with van der Waals surface area (Å²) in [4.78, 5) is 4.06. The fraction of sp³-hybridized carbons (Fsp3) is 0.833. The van der Waals surface area contributed by atoms with Crippen LogP contribution < -0.4 is 5.73 Å². The average Bonchev–Trinajstić information content (AvgIpc) is 2.98. The van der Waals surface area contributed by atoms with Crippen molar-refractivity contribution in [2.75, 3.05) is 6.61 Å². The second kappa shape index (κ2) is 5.88. The van der Waals surface area contributed by atoms with Gasteiger partial charge in [0, 0.05) is 6.04 Å². The van der Waals surface area contributed by atoms with Gasteiger partial charge in [0.1, 0.15) is 13.2 Å². The normalized spacial score (nSPS) is 26.7. The Labute approximate surface area is 118 Å². The van der Waals surface area contributed by atoms with E-state index < -0.39 is 31.0 Å². The van der Waals surface area contributed by atoms with Crippen molar-refractivity contribution in [2.24, 2.45) is 5.73 Å². The Morgan fingerprint density at radius 2 is 2.24 bits per heavy atom. The largest absolute Gasteiger partial charge is 0.367 e. The van der Waals surface area contributed by atoms with Crippen LogP contribution in [0.25, 0.3) is 0 Å². The van der Waals surface area contributed by atoms with Gasteiger partial charge in [-0.2, -0.15) is 13.8 Å². The molecule has 120 valence electrons. The third kappa shape index (κ3) is 3.34. The minimum atomic E-state index is -4.19. The van der Waals surface area contributed by atoms with Gasteiger partial charge in [0.15, 0.2) is 5.82 Å². The molecule has 1 saturated carbocycles. The molecule has 2 rings (SSSR count). The first kappa shape index (κ1) is 16.2. The van der Waals surface area contributed by atoms with Crippen LogP contribution in [-0.4, -0.2) is 35.1 Å². The highest BCUT2D eigenvalue weighted by Crippen LogP contribution is 2.38. The number of nitrogens with zero attached hydrogens (tertiary/aromatic N) is 2. The number of hydrogen-bond acceptors (Lipinski definition) is 5. The number of ether oxygens (including phenoxy) is 1. The van der Waals surface area contributed by atoms with E-state index >= 15 is 0 Å². The smallest absolute Gasteiger partial charge is 0.330 e. The van der Waals surface area contributed by atoms with Crippen LogP contribution in [0.2, 0.25) is 0 Å². The summed E-state index contributed by atoms with van der Waals surface area (Å²) in [5.74, 6) is -3.83. The molecule has 9 heteroatoms. The monoisotopic (exact) mass is 311 g/mol. The molecule has 1 aromatic heterocycles. The van der Waals surface area contributed by atoms with Crippen molar-refractivity contribution >= 4 is 0 Å². The molecule has 0 bridgehead atoms. The summed E-state index contributed by atoms with van der Waals surface area (Å²) in [6, 6.07) is -0.116. The molecule has 2 unspecified atom stereocenters. The van der Waals surface area contributed by atoms with Crippen LogP contribution in [-0.2, 0) is 16.8 Å². The van der Waals surface area contributed by atoms with Gasteiger partial charge in [-0.25, -0.2) is 8.78 Å². The summed E-state index contributed by atoms with van der Waals surface area (Å²) < 4.78 is 58.8. The number of hydrogen-bond donors (Lipinski definition) is 1. The molecule has 0 aliphatic heterocycles. The van der Waals surface area contributed by atoms with E-state index in [4.69, 9.17) is 10.3 Å². The van der Waals surface area contributed by atoms with E-state index in [2.05, 4.69) is 14.9 Å². The lowest BCUT2D eigenvalue weighted by Gasteiger charge is -2.23. The van der Waals surface area contributed by atoms with Crippen molar-refractivity contribution in [1.29, 1.82) is 0 Å². The lowest BCUT2D eigenvalue weighted by Crippen LogP contribution is -2.38. The molecule has 2 N–H and O–H groups in total. The van der Waals surface area contributed by atoms with E-state index in [-0.39, 0.29) is 11.9 Å². The van der Waals surface area contributed by atoms with E-state index in [0.29, 0.717) is 5.89 Å². The molecule has 5 nitrogen and oxygen atoms in total. The van der Waals surface area contributed by atoms with Crippen LogP contribution in [0.5, 0.6) is 0 Å². The molecular formula is C12H17F4N3O2. The van der Waals surface area contributed by atoms with E-state index in [1.807, 2.05) is 6.92 Å². The van der Waals surface area contributed by atoms with Gasteiger partial charge in [0.05, 0.1) is 5.41 Å². The molecular weight excluding hydrogens is 294 g/mol. The Morgan fingerprint density at radius 3 is 2.81 bits per heavy atom. The number of nitrogens with two attached hydrogens (primary N) is 1. The predicted molar refractivity (Wildman–Crippen MR) is 64.1 cm³/mol. The molecule has 1 aliphatic rings. The highest BCUT2D eigenvalue weighted by molar-refractivity contribution is 5.11. The fourth-order valence-corrected chi connectivity index (χ4v) is 2.34. The summed E-state index contributed by atoms with van der Waals surface area (Å²) in [6.07, 6.45) is -1.20. The molecule has 0 radical (unpaired) electrons. The molecule has 0 amide bonds. The Morgan fingerprint density at radius 1 is 1.52 bits per heavy atom. The van der Waals surface area contributed by atoms with E-state index in [1.165, 1.54) is 0 Å². The highest BCUT2D eigenvalue weighted by Gasteiger charge is 2.43. The van der Waals surface area contributed by atoms with Crippen LogP contribution >= 0.6 is 0 Å². The lowest BCUT2D eigenvalue weighted by atomic mass is 9.85. The number of halogens is 4. The second-order valence-corrected chi connectivity index (χ2v) is 5.49. The van der Waals surface area contributed by atoms with Gasteiger partial charge in [-0.05, 0) is 19.8 Å². The Hall–Kier alpha value is -1.22. The quantitative estimate of drug-likeness (QED) is 0.816. The van der Waals surface area contributed by atoms with Gasteiger partial charge >= 0.3 is 12.3 Å². The summed E-state index contributed by atoms with van der Waals surface area (Å²) in [5.41, 5.74) is 5.56. The minimum absolute atomic E-state index is 0.0374. The molecule has 21 heavy (non-hydrogen) atoms. The lowest BCUT2D eigenvalue weighted by molar-refractivity contribution is -0.168. The van der Waals surface area contributed by atoms with Gasteiger partial charge in [0.25, 0.3) is 0 Å². The van der Waals surface area contributed by atoms with E-state index in [0.717, 1.165) is 19.3 Å². The standard InChI is InChI=1S/C12H17F4N3O2/c1-11(4-2-3-7(11)17)10-18-8(19-21-10)5-20-6-12(15,16)9(13)14/h7,9H,2-6,17H2,1H3. The van der Waals surface area contributed by atoms with Crippen LogP contribution in [0.3, 0.4) is 0 Å². The fourth-order valence-electron chi connectivity index (χ4n) is 2.34. The molecule has 0 aromatic carbocycles. The van der Waals surface area contributed by atoms with Crippen LogP contribution in [0.4, 0.5) is 17.6 Å². The predicted octanol–water partition coefficient (Wildman–Crippen LogP) is 2.26. The molecule has 1 heterocycles. The molecule has 1 aliphatic carbocycles. The third-order valence-electron chi connectivity index (χ3n) is 3.83. The van der Waals surface area contributed by atoms with E-state index in [9.17, 15) is 17.6 Å². The summed E-state index contributed by atoms with van der Waals surface area (Å²) in [5, 5.41) is 3.61. The van der Waals surface area contributed by atoms with Gasteiger partial charge in [-0.3, -0.25) is 0 Å². The second-order valence-electron chi connectivity index (χ2n) is 5.49. The molecule has 2 atom stereocenters. The van der Waals surface area contributed by atoms with Gasteiger partial charge in [-0.1, -0.05) is 11.6 Å². The Kier molecular flexibility index (Phi) is 4.52.